The first-order chi connectivity index (χ1) is 9.13. The van der Waals surface area contributed by atoms with E-state index in [4.69, 9.17) is 0 Å². The highest BCUT2D eigenvalue weighted by Crippen LogP contribution is 2.25. The van der Waals surface area contributed by atoms with Gasteiger partial charge in [-0.25, -0.2) is 0 Å². The molecule has 0 saturated carbocycles. The lowest BCUT2D eigenvalue weighted by Gasteiger charge is -2.33. The fourth-order valence-electron chi connectivity index (χ4n) is 2.95. The Balaban J connectivity index is 2.24. The lowest BCUT2D eigenvalue weighted by molar-refractivity contribution is 0.256. The SMILES string of the molecule is CNCC1CN(c2ccccc2C)C(C)CCN1C. The minimum Gasteiger partial charge on any atom is -0.367 e. The highest BCUT2D eigenvalue weighted by atomic mass is 15.3. The van der Waals surface area contributed by atoms with Crippen molar-refractivity contribution in [2.24, 2.45) is 0 Å². The number of para-hydroxylation sites is 1. The van der Waals surface area contributed by atoms with Crippen LogP contribution in [0.1, 0.15) is 18.9 Å². The van der Waals surface area contributed by atoms with Crippen molar-refractivity contribution in [3.05, 3.63) is 29.8 Å². The second kappa shape index (κ2) is 6.40. The number of benzene rings is 1. The maximum absolute atomic E-state index is 3.33. The van der Waals surface area contributed by atoms with Crippen molar-refractivity contribution in [2.45, 2.75) is 32.4 Å². The lowest BCUT2D eigenvalue weighted by atomic mass is 10.1. The van der Waals surface area contributed by atoms with E-state index < -0.39 is 0 Å². The van der Waals surface area contributed by atoms with Crippen LogP contribution in [0.3, 0.4) is 0 Å². The zero-order chi connectivity index (χ0) is 13.8. The normalized spacial score (nSPS) is 25.4. The summed E-state index contributed by atoms with van der Waals surface area (Å²) in [6.07, 6.45) is 1.23. The second-order valence-corrected chi connectivity index (χ2v) is 5.77. The topological polar surface area (TPSA) is 18.5 Å². The van der Waals surface area contributed by atoms with E-state index in [1.54, 1.807) is 0 Å². The average Bonchev–Trinajstić information content (AvgIpc) is 2.53. The molecule has 0 aromatic heterocycles. The van der Waals surface area contributed by atoms with Crippen molar-refractivity contribution in [3.63, 3.8) is 0 Å². The van der Waals surface area contributed by atoms with Gasteiger partial charge < -0.3 is 15.1 Å². The van der Waals surface area contributed by atoms with Crippen LogP contribution in [0.5, 0.6) is 0 Å². The Kier molecular flexibility index (Phi) is 4.83. The summed E-state index contributed by atoms with van der Waals surface area (Å²) in [6, 6.07) is 9.92. The maximum atomic E-state index is 3.33. The molecule has 2 rings (SSSR count). The van der Waals surface area contributed by atoms with Crippen molar-refractivity contribution in [2.75, 3.05) is 38.6 Å². The second-order valence-electron chi connectivity index (χ2n) is 5.77. The Morgan fingerprint density at radius 2 is 2.05 bits per heavy atom. The van der Waals surface area contributed by atoms with Crippen molar-refractivity contribution in [3.8, 4) is 0 Å². The standard InChI is InChI=1S/C16H27N3/c1-13-7-5-6-8-16(13)19-12-15(11-17-3)18(4)10-9-14(19)2/h5-8,14-15,17H,9-12H2,1-4H3. The molecule has 1 aliphatic heterocycles. The van der Waals surface area contributed by atoms with Crippen LogP contribution in [0.2, 0.25) is 0 Å². The first kappa shape index (κ1) is 14.4. The fraction of sp³-hybridized carbons (Fsp3) is 0.625. The molecule has 0 spiro atoms. The Morgan fingerprint density at radius 1 is 1.32 bits per heavy atom. The predicted molar refractivity (Wildman–Crippen MR) is 82.9 cm³/mol. The van der Waals surface area contributed by atoms with Crippen molar-refractivity contribution in [1.29, 1.82) is 0 Å². The van der Waals surface area contributed by atoms with Gasteiger partial charge in [-0.15, -0.1) is 0 Å². The molecule has 1 N–H and O–H groups in total. The van der Waals surface area contributed by atoms with Gasteiger partial charge in [0.2, 0.25) is 0 Å². The molecule has 0 radical (unpaired) electrons. The third kappa shape index (κ3) is 3.28. The van der Waals surface area contributed by atoms with Crippen molar-refractivity contribution in [1.82, 2.24) is 10.2 Å². The van der Waals surface area contributed by atoms with Crippen LogP contribution in [-0.2, 0) is 0 Å². The Labute approximate surface area is 117 Å². The van der Waals surface area contributed by atoms with Gasteiger partial charge in [0.25, 0.3) is 0 Å². The van der Waals surface area contributed by atoms with Crippen LogP contribution in [0.4, 0.5) is 5.69 Å². The number of aryl methyl sites for hydroxylation is 1. The first-order valence-corrected chi connectivity index (χ1v) is 7.30. The Bertz CT molecular complexity index is 405. The lowest BCUT2D eigenvalue weighted by Crippen LogP contribution is -2.46. The van der Waals surface area contributed by atoms with Crippen LogP contribution in [0.15, 0.2) is 24.3 Å². The molecule has 0 amide bonds. The van der Waals surface area contributed by atoms with E-state index in [-0.39, 0.29) is 0 Å². The van der Waals surface area contributed by atoms with Gasteiger partial charge in [0.1, 0.15) is 0 Å². The van der Waals surface area contributed by atoms with Crippen molar-refractivity contribution >= 4 is 5.69 Å². The average molecular weight is 261 g/mol. The molecule has 1 aromatic rings. The zero-order valence-corrected chi connectivity index (χ0v) is 12.7. The molecule has 1 aromatic carbocycles. The summed E-state index contributed by atoms with van der Waals surface area (Å²) >= 11 is 0. The van der Waals surface area contributed by atoms with E-state index in [1.807, 2.05) is 7.05 Å². The molecular weight excluding hydrogens is 234 g/mol. The van der Waals surface area contributed by atoms with E-state index >= 15 is 0 Å². The summed E-state index contributed by atoms with van der Waals surface area (Å²) in [5.41, 5.74) is 2.77. The molecular formula is C16H27N3. The summed E-state index contributed by atoms with van der Waals surface area (Å²) < 4.78 is 0. The smallest absolute Gasteiger partial charge is 0.0398 e. The minimum absolute atomic E-state index is 0.578. The molecule has 1 fully saturated rings. The monoisotopic (exact) mass is 261 g/mol. The highest BCUT2D eigenvalue weighted by Gasteiger charge is 2.26. The van der Waals surface area contributed by atoms with E-state index in [2.05, 4.69) is 60.3 Å². The van der Waals surface area contributed by atoms with Crippen LogP contribution < -0.4 is 10.2 Å². The zero-order valence-electron chi connectivity index (χ0n) is 12.7. The van der Waals surface area contributed by atoms with Gasteiger partial charge >= 0.3 is 0 Å². The summed E-state index contributed by atoms with van der Waals surface area (Å²) in [7, 11) is 4.29. The number of rotatable bonds is 3. The Hall–Kier alpha value is -1.06. The van der Waals surface area contributed by atoms with Crippen LogP contribution in [0, 0.1) is 6.92 Å². The molecule has 0 aliphatic carbocycles. The number of hydrogen-bond donors (Lipinski definition) is 1. The third-order valence-electron chi connectivity index (χ3n) is 4.33. The molecule has 106 valence electrons. The fourth-order valence-corrected chi connectivity index (χ4v) is 2.95. The number of nitrogens with zero attached hydrogens (tertiary/aromatic N) is 2. The summed E-state index contributed by atoms with van der Waals surface area (Å²) in [4.78, 5) is 5.08. The van der Waals surface area contributed by atoms with Crippen molar-refractivity contribution < 1.29 is 0 Å². The molecule has 3 nitrogen and oxygen atoms in total. The quantitative estimate of drug-likeness (QED) is 0.899. The molecule has 0 bridgehead atoms. The van der Waals surface area contributed by atoms with Gasteiger partial charge in [-0.1, -0.05) is 18.2 Å². The molecule has 19 heavy (non-hydrogen) atoms. The summed E-state index contributed by atoms with van der Waals surface area (Å²) in [5, 5.41) is 3.33. The predicted octanol–water partition coefficient (Wildman–Crippen LogP) is 2.11. The van der Waals surface area contributed by atoms with Crippen LogP contribution in [0.25, 0.3) is 0 Å². The molecule has 2 atom stereocenters. The molecule has 3 heteroatoms. The Morgan fingerprint density at radius 3 is 2.74 bits per heavy atom. The van der Waals surface area contributed by atoms with E-state index in [0.717, 1.165) is 13.1 Å². The van der Waals surface area contributed by atoms with E-state index in [0.29, 0.717) is 12.1 Å². The maximum Gasteiger partial charge on any atom is 0.0398 e. The molecule has 1 aliphatic rings. The molecule has 1 heterocycles. The molecule has 1 saturated heterocycles. The van der Waals surface area contributed by atoms with Gasteiger partial charge in [-0.3, -0.25) is 0 Å². The van der Waals surface area contributed by atoms with Crippen LogP contribution in [-0.4, -0.2) is 50.7 Å². The highest BCUT2D eigenvalue weighted by molar-refractivity contribution is 5.54. The van der Waals surface area contributed by atoms with Gasteiger partial charge in [0.05, 0.1) is 0 Å². The summed E-state index contributed by atoms with van der Waals surface area (Å²) in [6.45, 7) is 7.89. The number of nitrogens with one attached hydrogen (secondary N) is 1. The van der Waals surface area contributed by atoms with Crippen LogP contribution >= 0.6 is 0 Å². The number of hydrogen-bond acceptors (Lipinski definition) is 3. The number of likely N-dealkylation sites (N-methyl/N-ethyl adjacent to an activating group) is 2. The summed E-state index contributed by atoms with van der Waals surface area (Å²) in [5.74, 6) is 0. The largest absolute Gasteiger partial charge is 0.367 e. The number of anilines is 1. The minimum atomic E-state index is 0.578. The first-order valence-electron chi connectivity index (χ1n) is 7.30. The van der Waals surface area contributed by atoms with E-state index in [9.17, 15) is 0 Å². The third-order valence-corrected chi connectivity index (χ3v) is 4.33. The van der Waals surface area contributed by atoms with Gasteiger partial charge in [0.15, 0.2) is 0 Å². The molecule has 2 unspecified atom stereocenters. The van der Waals surface area contributed by atoms with Gasteiger partial charge in [-0.05, 0) is 46.0 Å². The van der Waals surface area contributed by atoms with E-state index in [1.165, 1.54) is 24.2 Å². The van der Waals surface area contributed by atoms with Gasteiger partial charge in [0, 0.05) is 37.4 Å². The van der Waals surface area contributed by atoms with Gasteiger partial charge in [-0.2, -0.15) is 0 Å².